The molecule has 0 radical (unpaired) electrons. The largest absolute Gasteiger partial charge is 0.330 e. The average Bonchev–Trinajstić information content (AvgIpc) is 2.70. The van der Waals surface area contributed by atoms with Gasteiger partial charge in [0.1, 0.15) is 5.82 Å². The standard InChI is InChI=1S/C14H18FN3O/c1-2-3-13-12(8-9-16)14(19)18(17-13)11-6-4-10(15)5-7-11/h4-7,12H,2-3,8-9,16H2,1H3. The lowest BCUT2D eigenvalue weighted by molar-refractivity contribution is -0.119. The minimum absolute atomic E-state index is 0.0690. The van der Waals surface area contributed by atoms with E-state index < -0.39 is 0 Å². The van der Waals surface area contributed by atoms with Crippen LogP contribution in [-0.2, 0) is 4.79 Å². The van der Waals surface area contributed by atoms with Gasteiger partial charge in [-0.05, 0) is 43.7 Å². The summed E-state index contributed by atoms with van der Waals surface area (Å²) in [5.41, 5.74) is 7.03. The van der Waals surface area contributed by atoms with Crippen LogP contribution in [0.15, 0.2) is 29.4 Å². The van der Waals surface area contributed by atoms with E-state index in [9.17, 15) is 9.18 Å². The van der Waals surface area contributed by atoms with Gasteiger partial charge in [0.25, 0.3) is 5.91 Å². The summed E-state index contributed by atoms with van der Waals surface area (Å²) in [6.45, 7) is 2.50. The van der Waals surface area contributed by atoms with E-state index in [-0.39, 0.29) is 17.6 Å². The summed E-state index contributed by atoms with van der Waals surface area (Å²) < 4.78 is 12.9. The number of hydrogen-bond donors (Lipinski definition) is 1. The molecule has 102 valence electrons. The Morgan fingerprint density at radius 2 is 2.05 bits per heavy atom. The van der Waals surface area contributed by atoms with Crippen LogP contribution in [0.2, 0.25) is 0 Å². The van der Waals surface area contributed by atoms with Crippen molar-refractivity contribution < 1.29 is 9.18 Å². The lowest BCUT2D eigenvalue weighted by atomic mass is 9.96. The predicted octanol–water partition coefficient (Wildman–Crippen LogP) is 2.29. The number of benzene rings is 1. The molecule has 5 heteroatoms. The fourth-order valence-corrected chi connectivity index (χ4v) is 2.24. The van der Waals surface area contributed by atoms with E-state index in [1.807, 2.05) is 6.92 Å². The van der Waals surface area contributed by atoms with Gasteiger partial charge in [0.2, 0.25) is 0 Å². The van der Waals surface area contributed by atoms with Gasteiger partial charge >= 0.3 is 0 Å². The SMILES string of the molecule is CCCC1=NN(c2ccc(F)cc2)C(=O)C1CCN. The van der Waals surface area contributed by atoms with Crippen LogP contribution in [0.5, 0.6) is 0 Å². The first-order valence-corrected chi connectivity index (χ1v) is 6.54. The van der Waals surface area contributed by atoms with E-state index in [0.29, 0.717) is 18.7 Å². The molecule has 4 nitrogen and oxygen atoms in total. The van der Waals surface area contributed by atoms with Crippen LogP contribution in [0.4, 0.5) is 10.1 Å². The highest BCUT2D eigenvalue weighted by Crippen LogP contribution is 2.27. The van der Waals surface area contributed by atoms with E-state index in [1.54, 1.807) is 12.1 Å². The Labute approximate surface area is 112 Å². The van der Waals surface area contributed by atoms with E-state index in [2.05, 4.69) is 5.10 Å². The Bertz CT molecular complexity index is 484. The third-order valence-corrected chi connectivity index (χ3v) is 3.17. The third kappa shape index (κ3) is 2.81. The molecule has 19 heavy (non-hydrogen) atoms. The molecule has 0 bridgehead atoms. The molecule has 1 aromatic rings. The Hall–Kier alpha value is -1.75. The summed E-state index contributed by atoms with van der Waals surface area (Å²) in [5.74, 6) is -0.623. The van der Waals surface area contributed by atoms with Gasteiger partial charge in [-0.2, -0.15) is 5.10 Å². The zero-order valence-corrected chi connectivity index (χ0v) is 11.0. The molecular formula is C14H18FN3O. The molecule has 2 N–H and O–H groups in total. The van der Waals surface area contributed by atoms with Crippen molar-refractivity contribution in [2.45, 2.75) is 26.2 Å². The quantitative estimate of drug-likeness (QED) is 0.886. The molecule has 1 heterocycles. The summed E-state index contributed by atoms with van der Waals surface area (Å²) in [4.78, 5) is 12.3. The topological polar surface area (TPSA) is 58.7 Å². The number of anilines is 1. The summed E-state index contributed by atoms with van der Waals surface area (Å²) in [6, 6.07) is 5.78. The number of carbonyl (C=O) groups excluding carboxylic acids is 1. The molecule has 2 rings (SSSR count). The average molecular weight is 263 g/mol. The number of rotatable bonds is 5. The molecule has 0 aliphatic carbocycles. The maximum absolute atomic E-state index is 12.9. The number of hydrazone groups is 1. The first-order chi connectivity index (χ1) is 9.17. The molecule has 0 spiro atoms. The van der Waals surface area contributed by atoms with E-state index >= 15 is 0 Å². The lowest BCUT2D eigenvalue weighted by Crippen LogP contribution is -2.29. The van der Waals surface area contributed by atoms with Crippen molar-refractivity contribution in [3.63, 3.8) is 0 Å². The van der Waals surface area contributed by atoms with Crippen LogP contribution in [-0.4, -0.2) is 18.2 Å². The first kappa shape index (κ1) is 13.7. The molecule has 0 aromatic heterocycles. The first-order valence-electron chi connectivity index (χ1n) is 6.54. The minimum Gasteiger partial charge on any atom is -0.330 e. The summed E-state index contributed by atoms with van der Waals surface area (Å²) >= 11 is 0. The Kier molecular flexibility index (Phi) is 4.27. The van der Waals surface area contributed by atoms with Crippen LogP contribution in [0.3, 0.4) is 0 Å². The van der Waals surface area contributed by atoms with E-state index in [1.165, 1.54) is 17.1 Å². The number of halogens is 1. The molecule has 1 aliphatic rings. The van der Waals surface area contributed by atoms with Gasteiger partial charge in [0.05, 0.1) is 17.3 Å². The van der Waals surface area contributed by atoms with Crippen LogP contribution in [0.25, 0.3) is 0 Å². The van der Waals surface area contributed by atoms with Gasteiger partial charge in [-0.3, -0.25) is 4.79 Å². The maximum atomic E-state index is 12.9. The zero-order valence-electron chi connectivity index (χ0n) is 11.0. The van der Waals surface area contributed by atoms with Crippen molar-refractivity contribution in [1.29, 1.82) is 0 Å². The van der Waals surface area contributed by atoms with Crippen LogP contribution < -0.4 is 10.7 Å². The second-order valence-electron chi connectivity index (χ2n) is 4.60. The van der Waals surface area contributed by atoms with E-state index in [0.717, 1.165) is 18.6 Å². The van der Waals surface area contributed by atoms with Gasteiger partial charge in [0, 0.05) is 0 Å². The summed E-state index contributed by atoms with van der Waals surface area (Å²) in [5, 5.41) is 5.75. The second-order valence-corrected chi connectivity index (χ2v) is 4.60. The lowest BCUT2D eigenvalue weighted by Gasteiger charge is -2.13. The number of nitrogens with zero attached hydrogens (tertiary/aromatic N) is 2. The number of amides is 1. The Morgan fingerprint density at radius 3 is 2.63 bits per heavy atom. The van der Waals surface area contributed by atoms with Crippen LogP contribution in [0.1, 0.15) is 26.2 Å². The van der Waals surface area contributed by atoms with Crippen molar-refractivity contribution in [2.24, 2.45) is 16.8 Å². The molecule has 1 atom stereocenters. The predicted molar refractivity (Wildman–Crippen MR) is 73.4 cm³/mol. The van der Waals surface area contributed by atoms with Gasteiger partial charge in [0.15, 0.2) is 0 Å². The van der Waals surface area contributed by atoms with E-state index in [4.69, 9.17) is 5.73 Å². The smallest absolute Gasteiger partial charge is 0.256 e. The molecule has 1 unspecified atom stereocenters. The Balaban J connectivity index is 2.26. The molecule has 1 aliphatic heterocycles. The highest BCUT2D eigenvalue weighted by Gasteiger charge is 2.35. The monoisotopic (exact) mass is 263 g/mol. The second kappa shape index (κ2) is 5.93. The number of hydrogen-bond acceptors (Lipinski definition) is 3. The zero-order chi connectivity index (χ0) is 13.8. The molecule has 0 saturated carbocycles. The van der Waals surface area contributed by atoms with Gasteiger partial charge in [-0.15, -0.1) is 0 Å². The van der Waals surface area contributed by atoms with Gasteiger partial charge in [-0.25, -0.2) is 9.40 Å². The number of carbonyl (C=O) groups is 1. The van der Waals surface area contributed by atoms with Crippen molar-refractivity contribution >= 4 is 17.3 Å². The summed E-state index contributed by atoms with van der Waals surface area (Å²) in [6.07, 6.45) is 2.33. The molecular weight excluding hydrogens is 245 g/mol. The van der Waals surface area contributed by atoms with Gasteiger partial charge in [-0.1, -0.05) is 13.3 Å². The molecule has 0 saturated heterocycles. The van der Waals surface area contributed by atoms with Crippen molar-refractivity contribution in [2.75, 3.05) is 11.6 Å². The van der Waals surface area contributed by atoms with Crippen LogP contribution in [0, 0.1) is 11.7 Å². The Morgan fingerprint density at radius 1 is 1.37 bits per heavy atom. The van der Waals surface area contributed by atoms with Crippen LogP contribution >= 0.6 is 0 Å². The third-order valence-electron chi connectivity index (χ3n) is 3.17. The fraction of sp³-hybridized carbons (Fsp3) is 0.429. The molecule has 1 aromatic carbocycles. The molecule has 1 amide bonds. The maximum Gasteiger partial charge on any atom is 0.256 e. The fourth-order valence-electron chi connectivity index (χ4n) is 2.24. The molecule has 0 fully saturated rings. The highest BCUT2D eigenvalue weighted by molar-refractivity contribution is 6.15. The summed E-state index contributed by atoms with van der Waals surface area (Å²) in [7, 11) is 0. The van der Waals surface area contributed by atoms with Crippen molar-refractivity contribution in [3.05, 3.63) is 30.1 Å². The van der Waals surface area contributed by atoms with Gasteiger partial charge < -0.3 is 5.73 Å². The minimum atomic E-state index is -0.327. The normalized spacial score (nSPS) is 18.9. The highest BCUT2D eigenvalue weighted by atomic mass is 19.1. The number of nitrogens with two attached hydrogens (primary N) is 1. The van der Waals surface area contributed by atoms with Crippen molar-refractivity contribution in [1.82, 2.24) is 0 Å². The van der Waals surface area contributed by atoms with Crippen molar-refractivity contribution in [3.8, 4) is 0 Å².